The van der Waals surface area contributed by atoms with Crippen LogP contribution in [0.15, 0.2) is 48.9 Å². The largest absolute Gasteiger partial charge is 0.379 e. The molecule has 1 saturated heterocycles. The van der Waals surface area contributed by atoms with E-state index in [9.17, 15) is 4.79 Å². The normalized spacial score (nSPS) is 15.2. The smallest absolute Gasteiger partial charge is 0.271 e. The van der Waals surface area contributed by atoms with Crippen LogP contribution in [0.4, 0.5) is 0 Å². The van der Waals surface area contributed by atoms with Crippen LogP contribution < -0.4 is 5.32 Å². The standard InChI is InChI=1S/C19H21N5O2/c25-19(21-6-8-23-10-12-26-13-11-23)16-14-24-9-7-20-17(18(24)22-16)15-4-2-1-3-5-15/h1-5,7,9,14H,6,8,10-13H2,(H,21,25). The minimum absolute atomic E-state index is 0.166. The molecule has 7 nitrogen and oxygen atoms in total. The molecule has 0 saturated carbocycles. The van der Waals surface area contributed by atoms with Gasteiger partial charge < -0.3 is 14.5 Å². The van der Waals surface area contributed by atoms with E-state index in [1.54, 1.807) is 18.6 Å². The van der Waals surface area contributed by atoms with E-state index in [4.69, 9.17) is 4.74 Å². The molecule has 3 heterocycles. The van der Waals surface area contributed by atoms with Crippen LogP contribution in [0.2, 0.25) is 0 Å². The van der Waals surface area contributed by atoms with Crippen molar-refractivity contribution in [3.05, 3.63) is 54.6 Å². The maximum atomic E-state index is 12.5. The summed E-state index contributed by atoms with van der Waals surface area (Å²) >= 11 is 0. The minimum Gasteiger partial charge on any atom is -0.379 e. The Morgan fingerprint density at radius 2 is 2.00 bits per heavy atom. The van der Waals surface area contributed by atoms with Gasteiger partial charge in [-0.05, 0) is 0 Å². The van der Waals surface area contributed by atoms with Gasteiger partial charge >= 0.3 is 0 Å². The number of fused-ring (bicyclic) bond motifs is 1. The number of nitrogens with zero attached hydrogens (tertiary/aromatic N) is 4. The van der Waals surface area contributed by atoms with Crippen LogP contribution in [-0.4, -0.2) is 64.6 Å². The lowest BCUT2D eigenvalue weighted by molar-refractivity contribution is 0.0383. The fourth-order valence-corrected chi connectivity index (χ4v) is 3.07. The van der Waals surface area contributed by atoms with Crippen molar-refractivity contribution >= 4 is 11.6 Å². The number of ether oxygens (including phenoxy) is 1. The summed E-state index contributed by atoms with van der Waals surface area (Å²) in [5, 5.41) is 2.95. The molecule has 0 spiro atoms. The van der Waals surface area contributed by atoms with E-state index in [0.717, 1.165) is 44.1 Å². The molecule has 0 bridgehead atoms. The summed E-state index contributed by atoms with van der Waals surface area (Å²) in [5.41, 5.74) is 2.82. The first kappa shape index (κ1) is 16.7. The third-order valence-electron chi connectivity index (χ3n) is 4.47. The van der Waals surface area contributed by atoms with Gasteiger partial charge in [-0.25, -0.2) is 4.98 Å². The lowest BCUT2D eigenvalue weighted by atomic mass is 10.1. The second kappa shape index (κ2) is 7.63. The SMILES string of the molecule is O=C(NCCN1CCOCC1)c1cn2ccnc(-c3ccccc3)c2n1. The summed E-state index contributed by atoms with van der Waals surface area (Å²) in [7, 11) is 0. The number of imidazole rings is 1. The number of nitrogens with one attached hydrogen (secondary N) is 1. The van der Waals surface area contributed by atoms with Crippen molar-refractivity contribution in [1.29, 1.82) is 0 Å². The predicted octanol–water partition coefficient (Wildman–Crippen LogP) is 1.46. The quantitative estimate of drug-likeness (QED) is 0.753. The van der Waals surface area contributed by atoms with Gasteiger partial charge in [-0.2, -0.15) is 0 Å². The highest BCUT2D eigenvalue weighted by molar-refractivity contribution is 5.93. The van der Waals surface area contributed by atoms with Crippen LogP contribution in [0.1, 0.15) is 10.5 Å². The van der Waals surface area contributed by atoms with Crippen LogP contribution in [0.3, 0.4) is 0 Å². The predicted molar refractivity (Wildman–Crippen MR) is 98.0 cm³/mol. The van der Waals surface area contributed by atoms with Gasteiger partial charge in [-0.3, -0.25) is 14.7 Å². The average molecular weight is 351 g/mol. The van der Waals surface area contributed by atoms with Crippen molar-refractivity contribution in [2.45, 2.75) is 0 Å². The van der Waals surface area contributed by atoms with E-state index in [1.165, 1.54) is 0 Å². The number of rotatable bonds is 5. The molecular weight excluding hydrogens is 330 g/mol. The molecule has 1 aromatic carbocycles. The van der Waals surface area contributed by atoms with E-state index < -0.39 is 0 Å². The number of amides is 1. The first-order valence-electron chi connectivity index (χ1n) is 8.79. The minimum atomic E-state index is -0.166. The summed E-state index contributed by atoms with van der Waals surface area (Å²) in [4.78, 5) is 23.7. The zero-order valence-corrected chi connectivity index (χ0v) is 14.5. The number of aromatic nitrogens is 3. The van der Waals surface area contributed by atoms with Gasteiger partial charge in [-0.15, -0.1) is 0 Å². The monoisotopic (exact) mass is 351 g/mol. The summed E-state index contributed by atoms with van der Waals surface area (Å²) in [6.07, 6.45) is 5.27. The van der Waals surface area contributed by atoms with Gasteiger partial charge in [0, 0.05) is 50.3 Å². The molecule has 1 aliphatic heterocycles. The Balaban J connectivity index is 1.47. The fourth-order valence-electron chi connectivity index (χ4n) is 3.07. The fraction of sp³-hybridized carbons (Fsp3) is 0.316. The first-order chi connectivity index (χ1) is 12.8. The molecule has 0 radical (unpaired) electrons. The third-order valence-corrected chi connectivity index (χ3v) is 4.47. The highest BCUT2D eigenvalue weighted by Crippen LogP contribution is 2.21. The Kier molecular flexibility index (Phi) is 4.90. The van der Waals surface area contributed by atoms with Crippen molar-refractivity contribution in [3.63, 3.8) is 0 Å². The Morgan fingerprint density at radius 3 is 2.81 bits per heavy atom. The Bertz CT molecular complexity index is 887. The maximum absolute atomic E-state index is 12.5. The summed E-state index contributed by atoms with van der Waals surface area (Å²) in [6.45, 7) is 4.76. The molecule has 1 fully saturated rings. The zero-order chi connectivity index (χ0) is 17.8. The Hall–Kier alpha value is -2.77. The summed E-state index contributed by atoms with van der Waals surface area (Å²) in [5.74, 6) is -0.166. The molecule has 1 amide bonds. The van der Waals surface area contributed by atoms with E-state index in [2.05, 4.69) is 20.2 Å². The summed E-state index contributed by atoms with van der Waals surface area (Å²) < 4.78 is 7.17. The molecule has 2 aromatic heterocycles. The summed E-state index contributed by atoms with van der Waals surface area (Å²) in [6, 6.07) is 9.85. The Morgan fingerprint density at radius 1 is 1.19 bits per heavy atom. The number of morpholine rings is 1. The molecule has 4 rings (SSSR count). The van der Waals surface area contributed by atoms with Crippen molar-refractivity contribution in [3.8, 4) is 11.3 Å². The number of hydrogen-bond donors (Lipinski definition) is 1. The molecule has 3 aromatic rings. The number of carbonyl (C=O) groups excluding carboxylic acids is 1. The lowest BCUT2D eigenvalue weighted by Gasteiger charge is -2.26. The van der Waals surface area contributed by atoms with Crippen molar-refractivity contribution in [2.75, 3.05) is 39.4 Å². The lowest BCUT2D eigenvalue weighted by Crippen LogP contribution is -2.41. The van der Waals surface area contributed by atoms with E-state index in [1.807, 2.05) is 34.7 Å². The Labute approximate surface area is 151 Å². The zero-order valence-electron chi connectivity index (χ0n) is 14.5. The molecule has 1 aliphatic rings. The molecule has 26 heavy (non-hydrogen) atoms. The van der Waals surface area contributed by atoms with Gasteiger partial charge in [0.15, 0.2) is 5.65 Å². The van der Waals surface area contributed by atoms with Crippen LogP contribution >= 0.6 is 0 Å². The molecule has 7 heteroatoms. The number of hydrogen-bond acceptors (Lipinski definition) is 5. The molecule has 0 unspecified atom stereocenters. The molecule has 0 atom stereocenters. The number of carbonyl (C=O) groups is 1. The van der Waals surface area contributed by atoms with E-state index in [-0.39, 0.29) is 5.91 Å². The van der Waals surface area contributed by atoms with Gasteiger partial charge in [-0.1, -0.05) is 30.3 Å². The van der Waals surface area contributed by atoms with E-state index in [0.29, 0.717) is 17.9 Å². The third kappa shape index (κ3) is 3.58. The van der Waals surface area contributed by atoms with Crippen molar-refractivity contribution < 1.29 is 9.53 Å². The molecular formula is C19H21N5O2. The second-order valence-corrected chi connectivity index (χ2v) is 6.21. The molecule has 0 aliphatic carbocycles. The molecule has 1 N–H and O–H groups in total. The maximum Gasteiger partial charge on any atom is 0.271 e. The van der Waals surface area contributed by atoms with Crippen LogP contribution in [-0.2, 0) is 4.74 Å². The first-order valence-corrected chi connectivity index (χ1v) is 8.79. The van der Waals surface area contributed by atoms with Gasteiger partial charge in [0.1, 0.15) is 11.4 Å². The highest BCUT2D eigenvalue weighted by atomic mass is 16.5. The van der Waals surface area contributed by atoms with Crippen LogP contribution in [0.25, 0.3) is 16.9 Å². The average Bonchev–Trinajstić information content (AvgIpc) is 3.14. The second-order valence-electron chi connectivity index (χ2n) is 6.21. The van der Waals surface area contributed by atoms with Gasteiger partial charge in [0.25, 0.3) is 5.91 Å². The van der Waals surface area contributed by atoms with Gasteiger partial charge in [0.05, 0.1) is 13.2 Å². The van der Waals surface area contributed by atoms with Crippen LogP contribution in [0.5, 0.6) is 0 Å². The number of benzene rings is 1. The van der Waals surface area contributed by atoms with E-state index >= 15 is 0 Å². The van der Waals surface area contributed by atoms with Crippen molar-refractivity contribution in [2.24, 2.45) is 0 Å². The molecule has 134 valence electrons. The van der Waals surface area contributed by atoms with Crippen LogP contribution in [0, 0.1) is 0 Å². The van der Waals surface area contributed by atoms with Gasteiger partial charge in [0.2, 0.25) is 0 Å². The topological polar surface area (TPSA) is 71.8 Å². The van der Waals surface area contributed by atoms with Crippen molar-refractivity contribution in [1.82, 2.24) is 24.6 Å². The highest BCUT2D eigenvalue weighted by Gasteiger charge is 2.15.